The summed E-state index contributed by atoms with van der Waals surface area (Å²) in [6.07, 6.45) is 9.13. The van der Waals surface area contributed by atoms with E-state index in [0.29, 0.717) is 0 Å². The molecule has 5 unspecified atom stereocenters. The average Bonchev–Trinajstić information content (AvgIpc) is 2.93. The fraction of sp³-hybridized carbons (Fsp3) is 0.846. The number of rotatable bonds is 2. The van der Waals surface area contributed by atoms with E-state index < -0.39 is 0 Å². The molecule has 3 rings (SSSR count). The number of ether oxygens (including phenoxy) is 1. The Morgan fingerprint density at radius 3 is 2.79 bits per heavy atom. The maximum Gasteiger partial charge on any atom is 0.0497 e. The van der Waals surface area contributed by atoms with Gasteiger partial charge in [0.1, 0.15) is 0 Å². The van der Waals surface area contributed by atoms with E-state index in [-0.39, 0.29) is 0 Å². The lowest BCUT2D eigenvalue weighted by Crippen LogP contribution is -2.24. The van der Waals surface area contributed by atoms with Crippen molar-refractivity contribution in [2.45, 2.75) is 26.2 Å². The first-order valence-electron chi connectivity index (χ1n) is 6.10. The van der Waals surface area contributed by atoms with Crippen LogP contribution < -0.4 is 0 Å². The fourth-order valence-corrected chi connectivity index (χ4v) is 3.74. The van der Waals surface area contributed by atoms with Crippen LogP contribution in [0.15, 0.2) is 12.2 Å². The van der Waals surface area contributed by atoms with Crippen molar-refractivity contribution in [3.8, 4) is 0 Å². The Morgan fingerprint density at radius 2 is 2.21 bits per heavy atom. The smallest absolute Gasteiger partial charge is 0.0497 e. The van der Waals surface area contributed by atoms with Gasteiger partial charge in [0.2, 0.25) is 0 Å². The summed E-state index contributed by atoms with van der Waals surface area (Å²) in [5.41, 5.74) is 0. The molecule has 2 bridgehead atoms. The van der Waals surface area contributed by atoms with E-state index in [1.165, 1.54) is 19.3 Å². The van der Waals surface area contributed by atoms with Gasteiger partial charge in [-0.2, -0.15) is 0 Å². The van der Waals surface area contributed by atoms with Crippen LogP contribution in [0.2, 0.25) is 0 Å². The molecule has 0 N–H and O–H groups in total. The molecule has 2 aliphatic carbocycles. The Labute approximate surface area is 86.5 Å². The minimum Gasteiger partial charge on any atom is -0.381 e. The fourth-order valence-electron chi connectivity index (χ4n) is 3.74. The topological polar surface area (TPSA) is 9.23 Å². The van der Waals surface area contributed by atoms with Crippen LogP contribution in [0.4, 0.5) is 0 Å². The molecule has 1 saturated heterocycles. The zero-order chi connectivity index (χ0) is 9.54. The Kier molecular flexibility index (Phi) is 2.16. The normalized spacial score (nSPS) is 47.5. The van der Waals surface area contributed by atoms with E-state index in [1.807, 2.05) is 0 Å². The minimum atomic E-state index is 0.854. The zero-order valence-electron chi connectivity index (χ0n) is 8.99. The maximum absolute atomic E-state index is 5.50. The van der Waals surface area contributed by atoms with E-state index in [0.717, 1.165) is 42.8 Å². The summed E-state index contributed by atoms with van der Waals surface area (Å²) >= 11 is 0. The number of allylic oxidation sites excluding steroid dienone is 2. The first-order valence-corrected chi connectivity index (χ1v) is 6.10. The van der Waals surface area contributed by atoms with Crippen molar-refractivity contribution in [2.24, 2.45) is 29.6 Å². The van der Waals surface area contributed by atoms with Crippen molar-refractivity contribution in [1.82, 2.24) is 0 Å². The number of hydrogen-bond acceptors (Lipinski definition) is 1. The van der Waals surface area contributed by atoms with Crippen LogP contribution in [0.25, 0.3) is 0 Å². The molecular weight excluding hydrogens is 172 g/mol. The lowest BCUT2D eigenvalue weighted by Gasteiger charge is -2.29. The van der Waals surface area contributed by atoms with Crippen molar-refractivity contribution in [3.05, 3.63) is 12.2 Å². The van der Waals surface area contributed by atoms with Crippen LogP contribution in [-0.2, 0) is 4.74 Å². The molecule has 0 amide bonds. The van der Waals surface area contributed by atoms with Crippen molar-refractivity contribution in [1.29, 1.82) is 0 Å². The van der Waals surface area contributed by atoms with Gasteiger partial charge in [-0.25, -0.2) is 0 Å². The van der Waals surface area contributed by atoms with Crippen LogP contribution in [0.3, 0.4) is 0 Å². The van der Waals surface area contributed by atoms with Crippen molar-refractivity contribution in [3.63, 3.8) is 0 Å². The Morgan fingerprint density at radius 1 is 1.29 bits per heavy atom. The predicted molar refractivity (Wildman–Crippen MR) is 56.9 cm³/mol. The predicted octanol–water partition coefficient (Wildman–Crippen LogP) is 2.87. The Hall–Kier alpha value is -0.300. The van der Waals surface area contributed by atoms with Crippen LogP contribution in [-0.4, -0.2) is 13.2 Å². The van der Waals surface area contributed by atoms with E-state index in [2.05, 4.69) is 19.1 Å². The Balaban J connectivity index is 1.67. The van der Waals surface area contributed by atoms with Gasteiger partial charge in [0.05, 0.1) is 0 Å². The van der Waals surface area contributed by atoms with Gasteiger partial charge in [-0.3, -0.25) is 0 Å². The highest BCUT2D eigenvalue weighted by molar-refractivity contribution is 5.11. The molecule has 0 radical (unpaired) electrons. The van der Waals surface area contributed by atoms with Crippen molar-refractivity contribution >= 4 is 0 Å². The van der Waals surface area contributed by atoms with Crippen LogP contribution in [0.5, 0.6) is 0 Å². The van der Waals surface area contributed by atoms with Gasteiger partial charge < -0.3 is 4.74 Å². The van der Waals surface area contributed by atoms with Gasteiger partial charge in [0.25, 0.3) is 0 Å². The number of fused-ring (bicyclic) bond motifs is 2. The standard InChI is InChI=1S/C13H20O/c1-9(12-4-5-14-8-12)13-7-10-2-3-11(13)6-10/h2-3,9-13H,4-8H2,1H3. The molecule has 14 heavy (non-hydrogen) atoms. The molecular formula is C13H20O. The van der Waals surface area contributed by atoms with E-state index in [4.69, 9.17) is 4.74 Å². The second-order valence-corrected chi connectivity index (χ2v) is 5.43. The summed E-state index contributed by atoms with van der Waals surface area (Å²) in [6, 6.07) is 0. The van der Waals surface area contributed by atoms with Gasteiger partial charge in [-0.1, -0.05) is 19.1 Å². The van der Waals surface area contributed by atoms with E-state index in [1.54, 1.807) is 0 Å². The molecule has 1 heterocycles. The number of hydrogen-bond donors (Lipinski definition) is 0. The lowest BCUT2D eigenvalue weighted by molar-refractivity contribution is 0.152. The summed E-state index contributed by atoms with van der Waals surface area (Å²) in [6.45, 7) is 4.49. The molecule has 3 aliphatic rings. The van der Waals surface area contributed by atoms with Crippen LogP contribution in [0.1, 0.15) is 26.2 Å². The van der Waals surface area contributed by atoms with Gasteiger partial charge in [0, 0.05) is 13.2 Å². The highest BCUT2D eigenvalue weighted by Crippen LogP contribution is 2.49. The lowest BCUT2D eigenvalue weighted by atomic mass is 9.76. The summed E-state index contributed by atoms with van der Waals surface area (Å²) in [5.74, 6) is 4.55. The third-order valence-electron chi connectivity index (χ3n) is 4.71. The minimum absolute atomic E-state index is 0.854. The van der Waals surface area contributed by atoms with Gasteiger partial charge in [-0.15, -0.1) is 0 Å². The first-order chi connectivity index (χ1) is 6.84. The van der Waals surface area contributed by atoms with E-state index in [9.17, 15) is 0 Å². The first kappa shape index (κ1) is 8.96. The van der Waals surface area contributed by atoms with Crippen LogP contribution in [0, 0.1) is 29.6 Å². The van der Waals surface area contributed by atoms with Crippen molar-refractivity contribution < 1.29 is 4.74 Å². The van der Waals surface area contributed by atoms with E-state index >= 15 is 0 Å². The second kappa shape index (κ2) is 3.37. The summed E-state index contributed by atoms with van der Waals surface area (Å²) in [7, 11) is 0. The third kappa shape index (κ3) is 1.33. The quantitative estimate of drug-likeness (QED) is 0.611. The molecule has 1 saturated carbocycles. The zero-order valence-corrected chi connectivity index (χ0v) is 8.99. The molecule has 1 heteroatoms. The largest absolute Gasteiger partial charge is 0.381 e. The molecule has 0 aromatic rings. The molecule has 1 nitrogen and oxygen atoms in total. The highest BCUT2D eigenvalue weighted by atomic mass is 16.5. The molecule has 2 fully saturated rings. The maximum atomic E-state index is 5.50. The molecule has 0 spiro atoms. The van der Waals surface area contributed by atoms with Gasteiger partial charge in [0.15, 0.2) is 0 Å². The second-order valence-electron chi connectivity index (χ2n) is 5.43. The molecule has 5 atom stereocenters. The molecule has 78 valence electrons. The molecule has 0 aromatic heterocycles. The van der Waals surface area contributed by atoms with Crippen LogP contribution >= 0.6 is 0 Å². The molecule has 1 aliphatic heterocycles. The van der Waals surface area contributed by atoms with Crippen molar-refractivity contribution in [2.75, 3.05) is 13.2 Å². The average molecular weight is 192 g/mol. The highest BCUT2D eigenvalue weighted by Gasteiger charge is 2.41. The SMILES string of the molecule is CC(C1CCOC1)C1CC2C=CC1C2. The molecule has 0 aromatic carbocycles. The van der Waals surface area contributed by atoms with Gasteiger partial charge >= 0.3 is 0 Å². The monoisotopic (exact) mass is 192 g/mol. The summed E-state index contributed by atoms with van der Waals surface area (Å²) < 4.78 is 5.50. The summed E-state index contributed by atoms with van der Waals surface area (Å²) in [5, 5.41) is 0. The summed E-state index contributed by atoms with van der Waals surface area (Å²) in [4.78, 5) is 0. The third-order valence-corrected chi connectivity index (χ3v) is 4.71. The Bertz CT molecular complexity index is 240. The van der Waals surface area contributed by atoms with Gasteiger partial charge in [-0.05, 0) is 48.9 Å².